The van der Waals surface area contributed by atoms with E-state index in [-0.39, 0.29) is 5.82 Å². The van der Waals surface area contributed by atoms with Gasteiger partial charge in [0.05, 0.1) is 0 Å². The van der Waals surface area contributed by atoms with Crippen molar-refractivity contribution in [3.63, 3.8) is 0 Å². The number of aliphatic hydroxyl groups excluding tert-OH is 1. The van der Waals surface area contributed by atoms with Crippen molar-refractivity contribution in [1.82, 2.24) is 0 Å². The van der Waals surface area contributed by atoms with E-state index in [4.69, 9.17) is 9.52 Å². The monoisotopic (exact) mass is 244 g/mol. The van der Waals surface area contributed by atoms with E-state index >= 15 is 0 Å². The smallest absolute Gasteiger partial charge is 0.177 e. The van der Waals surface area contributed by atoms with Crippen LogP contribution in [0.2, 0.25) is 0 Å². The Balaban J connectivity index is 2.07. The molecule has 1 aromatic heterocycles. The first-order valence-corrected chi connectivity index (χ1v) is 5.66. The van der Waals surface area contributed by atoms with Crippen LogP contribution in [0.3, 0.4) is 0 Å². The zero-order chi connectivity index (χ0) is 13.0. The Morgan fingerprint density at radius 3 is 2.61 bits per heavy atom. The number of rotatable bonds is 2. The second-order valence-electron chi connectivity index (χ2n) is 4.01. The van der Waals surface area contributed by atoms with Gasteiger partial charge in [0, 0.05) is 6.42 Å². The van der Waals surface area contributed by atoms with E-state index in [9.17, 15) is 4.39 Å². The molecule has 1 unspecified atom stereocenters. The zero-order valence-corrected chi connectivity index (χ0v) is 9.98. The van der Waals surface area contributed by atoms with E-state index in [1.165, 1.54) is 12.1 Å². The molecule has 0 amide bonds. The number of benzene rings is 1. The lowest BCUT2D eigenvalue weighted by Crippen LogP contribution is -1.92. The Morgan fingerprint density at radius 1 is 1.22 bits per heavy atom. The number of halogens is 1. The second kappa shape index (κ2) is 5.52. The van der Waals surface area contributed by atoms with Crippen LogP contribution in [0.15, 0.2) is 40.8 Å². The van der Waals surface area contributed by atoms with Crippen LogP contribution in [-0.4, -0.2) is 11.2 Å². The lowest BCUT2D eigenvalue weighted by molar-refractivity contribution is 0.253. The van der Waals surface area contributed by atoms with Crippen molar-refractivity contribution in [3.05, 3.63) is 59.3 Å². The molecular formula is C15H13FO2. The normalized spacial score (nSPS) is 11.7. The van der Waals surface area contributed by atoms with Gasteiger partial charge in [0.15, 0.2) is 5.76 Å². The van der Waals surface area contributed by atoms with Crippen LogP contribution in [0.5, 0.6) is 0 Å². The minimum Gasteiger partial charge on any atom is -0.452 e. The maximum atomic E-state index is 12.7. The Labute approximate surface area is 105 Å². The minimum atomic E-state index is -0.671. The molecule has 0 spiro atoms. The van der Waals surface area contributed by atoms with Crippen LogP contribution in [0.25, 0.3) is 0 Å². The first kappa shape index (κ1) is 12.4. The largest absolute Gasteiger partial charge is 0.452 e. The SMILES string of the molecule is CC(O)C#Cc1ccc(Cc2ccc(F)cc2)o1. The van der Waals surface area contributed by atoms with Gasteiger partial charge in [-0.25, -0.2) is 4.39 Å². The highest BCUT2D eigenvalue weighted by atomic mass is 19.1. The molecule has 2 nitrogen and oxygen atoms in total. The van der Waals surface area contributed by atoms with Gasteiger partial charge in [-0.05, 0) is 42.7 Å². The standard InChI is InChI=1S/C15H13FO2/c1-11(17)2-7-14-8-9-15(18-14)10-12-3-5-13(16)6-4-12/h3-6,8-9,11,17H,10H2,1H3. The quantitative estimate of drug-likeness (QED) is 0.824. The van der Waals surface area contributed by atoms with E-state index in [1.54, 1.807) is 25.1 Å². The van der Waals surface area contributed by atoms with Crippen LogP contribution in [0, 0.1) is 17.7 Å². The Bertz CT molecular complexity index is 571. The number of hydrogen-bond donors (Lipinski definition) is 1. The summed E-state index contributed by atoms with van der Waals surface area (Å²) < 4.78 is 18.2. The van der Waals surface area contributed by atoms with Crippen molar-refractivity contribution in [2.45, 2.75) is 19.4 Å². The Kier molecular flexibility index (Phi) is 3.81. The highest BCUT2D eigenvalue weighted by Gasteiger charge is 2.02. The lowest BCUT2D eigenvalue weighted by atomic mass is 10.1. The maximum Gasteiger partial charge on any atom is 0.177 e. The second-order valence-corrected chi connectivity index (χ2v) is 4.01. The molecule has 2 rings (SSSR count). The van der Waals surface area contributed by atoms with Gasteiger partial charge in [0.25, 0.3) is 0 Å². The van der Waals surface area contributed by atoms with E-state index in [2.05, 4.69) is 11.8 Å². The molecule has 2 aromatic rings. The van der Waals surface area contributed by atoms with Gasteiger partial charge in [-0.2, -0.15) is 0 Å². The summed E-state index contributed by atoms with van der Waals surface area (Å²) in [5, 5.41) is 9.03. The topological polar surface area (TPSA) is 33.4 Å². The molecule has 3 heteroatoms. The molecular weight excluding hydrogens is 231 g/mol. The number of aliphatic hydroxyl groups is 1. The van der Waals surface area contributed by atoms with Crippen molar-refractivity contribution in [2.75, 3.05) is 0 Å². The molecule has 1 heterocycles. The third-order valence-electron chi connectivity index (χ3n) is 2.36. The summed E-state index contributed by atoms with van der Waals surface area (Å²) in [5.41, 5.74) is 0.973. The highest BCUT2D eigenvalue weighted by Crippen LogP contribution is 2.13. The summed E-state index contributed by atoms with van der Waals surface area (Å²) in [6.45, 7) is 1.59. The molecule has 0 radical (unpaired) electrons. The average Bonchev–Trinajstić information content (AvgIpc) is 2.77. The molecule has 92 valence electrons. The van der Waals surface area contributed by atoms with Crippen LogP contribution < -0.4 is 0 Å². The van der Waals surface area contributed by atoms with Crippen molar-refractivity contribution in [2.24, 2.45) is 0 Å². The number of furan rings is 1. The summed E-state index contributed by atoms with van der Waals surface area (Å²) in [7, 11) is 0. The predicted octanol–water partition coefficient (Wildman–Crippen LogP) is 2.74. The van der Waals surface area contributed by atoms with Gasteiger partial charge >= 0.3 is 0 Å². The van der Waals surface area contributed by atoms with Crippen molar-refractivity contribution >= 4 is 0 Å². The average molecular weight is 244 g/mol. The Hall–Kier alpha value is -2.05. The van der Waals surface area contributed by atoms with E-state index < -0.39 is 6.10 Å². The fourth-order valence-corrected chi connectivity index (χ4v) is 1.52. The van der Waals surface area contributed by atoms with Crippen molar-refractivity contribution in [3.8, 4) is 11.8 Å². The molecule has 1 aromatic carbocycles. The first-order valence-electron chi connectivity index (χ1n) is 5.66. The van der Waals surface area contributed by atoms with Gasteiger partial charge in [-0.15, -0.1) is 0 Å². The van der Waals surface area contributed by atoms with Gasteiger partial charge in [0.1, 0.15) is 17.7 Å². The third kappa shape index (κ3) is 3.47. The van der Waals surface area contributed by atoms with Crippen LogP contribution in [0.1, 0.15) is 24.0 Å². The van der Waals surface area contributed by atoms with Crippen LogP contribution in [-0.2, 0) is 6.42 Å². The Morgan fingerprint density at radius 2 is 1.94 bits per heavy atom. The molecule has 0 saturated heterocycles. The first-order chi connectivity index (χ1) is 8.63. The zero-order valence-electron chi connectivity index (χ0n) is 9.98. The fourth-order valence-electron chi connectivity index (χ4n) is 1.52. The highest BCUT2D eigenvalue weighted by molar-refractivity contribution is 5.29. The van der Waals surface area contributed by atoms with Gasteiger partial charge in [-0.1, -0.05) is 18.1 Å². The summed E-state index contributed by atoms with van der Waals surface area (Å²) in [5.74, 6) is 6.37. The number of hydrogen-bond acceptors (Lipinski definition) is 2. The molecule has 18 heavy (non-hydrogen) atoms. The van der Waals surface area contributed by atoms with E-state index in [0.29, 0.717) is 12.2 Å². The fraction of sp³-hybridized carbons (Fsp3) is 0.200. The molecule has 0 fully saturated rings. The molecule has 1 atom stereocenters. The van der Waals surface area contributed by atoms with Gasteiger partial charge in [0.2, 0.25) is 0 Å². The molecule has 0 aliphatic rings. The summed E-state index contributed by atoms with van der Waals surface area (Å²) in [6, 6.07) is 9.88. The maximum absolute atomic E-state index is 12.7. The molecule has 0 bridgehead atoms. The van der Waals surface area contributed by atoms with E-state index in [0.717, 1.165) is 11.3 Å². The molecule has 0 saturated carbocycles. The predicted molar refractivity (Wildman–Crippen MR) is 66.5 cm³/mol. The van der Waals surface area contributed by atoms with E-state index in [1.807, 2.05) is 6.07 Å². The molecule has 1 N–H and O–H groups in total. The summed E-state index contributed by atoms with van der Waals surface area (Å²) in [4.78, 5) is 0. The summed E-state index contributed by atoms with van der Waals surface area (Å²) in [6.07, 6.45) is -0.0768. The minimum absolute atomic E-state index is 0.248. The third-order valence-corrected chi connectivity index (χ3v) is 2.36. The van der Waals surface area contributed by atoms with Crippen molar-refractivity contribution < 1.29 is 13.9 Å². The van der Waals surface area contributed by atoms with Crippen LogP contribution in [0.4, 0.5) is 4.39 Å². The van der Waals surface area contributed by atoms with Gasteiger partial charge < -0.3 is 9.52 Å². The molecule has 0 aliphatic carbocycles. The molecule has 0 aliphatic heterocycles. The summed E-state index contributed by atoms with van der Waals surface area (Å²) >= 11 is 0. The van der Waals surface area contributed by atoms with Crippen LogP contribution >= 0.6 is 0 Å². The lowest BCUT2D eigenvalue weighted by Gasteiger charge is -1.97. The van der Waals surface area contributed by atoms with Gasteiger partial charge in [-0.3, -0.25) is 0 Å². The van der Waals surface area contributed by atoms with Crippen molar-refractivity contribution in [1.29, 1.82) is 0 Å².